The highest BCUT2D eigenvalue weighted by Gasteiger charge is 2.31. The average Bonchev–Trinajstić information content (AvgIpc) is 3.28. The number of benzene rings is 1. The molecule has 1 saturated heterocycles. The van der Waals surface area contributed by atoms with Crippen molar-refractivity contribution in [2.24, 2.45) is 11.7 Å². The number of hydrogen-bond acceptors (Lipinski definition) is 7. The number of rotatable bonds is 4. The van der Waals surface area contributed by atoms with Gasteiger partial charge in [0, 0.05) is 37.2 Å². The monoisotopic (exact) mass is 498 g/mol. The number of carbonyl (C=O) groups excluding carboxylic acids is 1. The third-order valence-corrected chi connectivity index (χ3v) is 6.38. The maximum Gasteiger partial charge on any atom is 0.276 e. The van der Waals surface area contributed by atoms with E-state index in [0.717, 1.165) is 48.5 Å². The quantitative estimate of drug-likeness (QED) is 0.504. The number of nitrogen functional groups attached to an aromatic ring is 1. The van der Waals surface area contributed by atoms with E-state index in [1.807, 2.05) is 0 Å². The molecule has 1 fully saturated rings. The molecule has 0 spiro atoms. The summed E-state index contributed by atoms with van der Waals surface area (Å²) in [6, 6.07) is 3.88. The van der Waals surface area contributed by atoms with Crippen LogP contribution in [0.15, 0.2) is 30.5 Å². The molecule has 2 aliphatic rings. The van der Waals surface area contributed by atoms with Crippen LogP contribution in [-0.4, -0.2) is 41.6 Å². The van der Waals surface area contributed by atoms with Gasteiger partial charge in [-0.1, -0.05) is 13.0 Å². The number of hydrogen-bond donors (Lipinski definition) is 3. The molecule has 36 heavy (non-hydrogen) atoms. The maximum absolute atomic E-state index is 14.6. The number of aromatic nitrogens is 2. The summed E-state index contributed by atoms with van der Waals surface area (Å²) in [6.45, 7) is 3.87. The third kappa shape index (κ3) is 4.30. The zero-order valence-electron chi connectivity index (χ0n) is 19.5. The third-order valence-electron chi connectivity index (χ3n) is 6.38. The Morgan fingerprint density at radius 3 is 2.67 bits per heavy atom. The van der Waals surface area contributed by atoms with E-state index in [4.69, 9.17) is 16.2 Å². The maximum atomic E-state index is 14.6. The van der Waals surface area contributed by atoms with Crippen molar-refractivity contribution >= 4 is 23.0 Å². The molecule has 0 aliphatic carbocycles. The number of nitrogens with one attached hydrogen (secondary N) is 1. The number of amides is 1. The first-order chi connectivity index (χ1) is 17.2. The van der Waals surface area contributed by atoms with Gasteiger partial charge in [0.05, 0.1) is 35.4 Å². The standard InChI is InChI=1S/C25H25F3N6O2/c1-12-7-13(29)11-34(10-12)23-14-5-6-36-25(14)31-9-19(23)32-24(35)22-18(30)8-17(28)21(33-22)20-15(26)3-2-4-16(20)27/h2-4,8-9,12-13H,5-7,10-11,29-30H2,1H3,(H,32,35)/t12-,13+/m1/s1. The first-order valence-corrected chi connectivity index (χ1v) is 11.6. The summed E-state index contributed by atoms with van der Waals surface area (Å²) in [4.78, 5) is 23.6. The second-order valence-electron chi connectivity index (χ2n) is 9.22. The van der Waals surface area contributed by atoms with Crippen LogP contribution in [0.25, 0.3) is 11.3 Å². The molecule has 0 unspecified atom stereocenters. The van der Waals surface area contributed by atoms with Gasteiger partial charge < -0.3 is 26.4 Å². The lowest BCUT2D eigenvalue weighted by atomic mass is 9.95. The number of ether oxygens (including phenoxy) is 1. The van der Waals surface area contributed by atoms with Crippen molar-refractivity contribution < 1.29 is 22.7 Å². The van der Waals surface area contributed by atoms with Crippen molar-refractivity contribution in [3.63, 3.8) is 0 Å². The Morgan fingerprint density at radius 1 is 1.19 bits per heavy atom. The molecule has 11 heteroatoms. The normalized spacial score (nSPS) is 19.1. The van der Waals surface area contributed by atoms with Crippen LogP contribution in [-0.2, 0) is 6.42 Å². The SMILES string of the molecule is C[C@@H]1C[C@H](N)CN(c2c(NC(=O)c3nc(-c4c(F)cccc4F)c(F)cc3N)cnc3c2CCO3)C1. The van der Waals surface area contributed by atoms with Gasteiger partial charge in [-0.05, 0) is 24.5 Å². The van der Waals surface area contributed by atoms with Crippen molar-refractivity contribution in [2.75, 3.05) is 35.6 Å². The zero-order chi connectivity index (χ0) is 25.6. The van der Waals surface area contributed by atoms with Gasteiger partial charge >= 0.3 is 0 Å². The summed E-state index contributed by atoms with van der Waals surface area (Å²) in [7, 11) is 0. The van der Waals surface area contributed by atoms with Gasteiger partial charge in [-0.15, -0.1) is 0 Å². The van der Waals surface area contributed by atoms with Crippen molar-refractivity contribution in [1.29, 1.82) is 0 Å². The highest BCUT2D eigenvalue weighted by atomic mass is 19.1. The first-order valence-electron chi connectivity index (χ1n) is 11.6. The van der Waals surface area contributed by atoms with Crippen LogP contribution >= 0.6 is 0 Å². The van der Waals surface area contributed by atoms with E-state index in [1.165, 1.54) is 6.20 Å². The predicted molar refractivity (Wildman–Crippen MR) is 129 cm³/mol. The molecular formula is C25H25F3N6O2. The van der Waals surface area contributed by atoms with Gasteiger partial charge in [0.2, 0.25) is 5.88 Å². The molecular weight excluding hydrogens is 473 g/mol. The fourth-order valence-electron chi connectivity index (χ4n) is 4.93. The van der Waals surface area contributed by atoms with E-state index in [0.29, 0.717) is 37.1 Å². The molecule has 5 N–H and O–H groups in total. The van der Waals surface area contributed by atoms with Crippen LogP contribution in [0.3, 0.4) is 0 Å². The van der Waals surface area contributed by atoms with Crippen molar-refractivity contribution in [1.82, 2.24) is 9.97 Å². The topological polar surface area (TPSA) is 119 Å². The minimum absolute atomic E-state index is 0.0453. The van der Waals surface area contributed by atoms with Crippen LogP contribution in [0.5, 0.6) is 5.88 Å². The number of carbonyl (C=O) groups is 1. The van der Waals surface area contributed by atoms with E-state index in [9.17, 15) is 18.0 Å². The summed E-state index contributed by atoms with van der Waals surface area (Å²) in [5.74, 6) is -3.04. The summed E-state index contributed by atoms with van der Waals surface area (Å²) in [5, 5.41) is 2.76. The zero-order valence-corrected chi connectivity index (χ0v) is 19.5. The molecule has 5 rings (SSSR count). The Hall–Kier alpha value is -3.86. The summed E-state index contributed by atoms with van der Waals surface area (Å²) in [5.41, 5.74) is 12.2. The number of halogens is 3. The Bertz CT molecular complexity index is 1320. The summed E-state index contributed by atoms with van der Waals surface area (Å²) in [6.07, 6.45) is 2.96. The van der Waals surface area contributed by atoms with Crippen LogP contribution in [0.1, 0.15) is 29.4 Å². The van der Waals surface area contributed by atoms with Gasteiger partial charge in [-0.25, -0.2) is 23.1 Å². The Kier molecular flexibility index (Phi) is 6.17. The fourth-order valence-corrected chi connectivity index (χ4v) is 4.93. The lowest BCUT2D eigenvalue weighted by Gasteiger charge is -2.38. The largest absolute Gasteiger partial charge is 0.477 e. The predicted octanol–water partition coefficient (Wildman–Crippen LogP) is 3.50. The van der Waals surface area contributed by atoms with Crippen molar-refractivity contribution in [2.45, 2.75) is 25.8 Å². The van der Waals surface area contributed by atoms with Gasteiger partial charge in [0.25, 0.3) is 5.91 Å². The Labute approximate surface area is 205 Å². The molecule has 0 bridgehead atoms. The second-order valence-corrected chi connectivity index (χ2v) is 9.22. The lowest BCUT2D eigenvalue weighted by Crippen LogP contribution is -2.47. The van der Waals surface area contributed by atoms with Crippen molar-refractivity contribution in [3.05, 3.63) is 59.2 Å². The van der Waals surface area contributed by atoms with Crippen LogP contribution in [0.4, 0.5) is 30.2 Å². The number of nitrogens with two attached hydrogens (primary N) is 2. The number of nitrogens with zero attached hydrogens (tertiary/aromatic N) is 3. The molecule has 2 atom stereocenters. The molecule has 0 radical (unpaired) electrons. The summed E-state index contributed by atoms with van der Waals surface area (Å²) >= 11 is 0. The van der Waals surface area contributed by atoms with Crippen LogP contribution in [0, 0.1) is 23.4 Å². The smallest absolute Gasteiger partial charge is 0.276 e. The molecule has 2 aliphatic heterocycles. The number of fused-ring (bicyclic) bond motifs is 1. The molecule has 1 amide bonds. The molecule has 1 aromatic carbocycles. The minimum atomic E-state index is -1.05. The van der Waals surface area contributed by atoms with Crippen LogP contribution in [0.2, 0.25) is 0 Å². The second kappa shape index (κ2) is 9.30. The molecule has 8 nitrogen and oxygen atoms in total. The van der Waals surface area contributed by atoms with Gasteiger partial charge in [-0.2, -0.15) is 0 Å². The molecule has 4 heterocycles. The Balaban J connectivity index is 1.54. The highest BCUT2D eigenvalue weighted by Crippen LogP contribution is 2.40. The summed E-state index contributed by atoms with van der Waals surface area (Å²) < 4.78 is 48.9. The molecule has 2 aromatic heterocycles. The Morgan fingerprint density at radius 2 is 1.94 bits per heavy atom. The van der Waals surface area contributed by atoms with E-state index < -0.39 is 34.6 Å². The number of pyridine rings is 2. The van der Waals surface area contributed by atoms with E-state index in [1.54, 1.807) is 0 Å². The molecule has 188 valence electrons. The van der Waals surface area contributed by atoms with Crippen LogP contribution < -0.4 is 26.4 Å². The average molecular weight is 499 g/mol. The minimum Gasteiger partial charge on any atom is -0.477 e. The lowest BCUT2D eigenvalue weighted by molar-refractivity contribution is 0.102. The van der Waals surface area contributed by atoms with Gasteiger partial charge in [0.15, 0.2) is 11.5 Å². The molecule has 0 saturated carbocycles. The number of anilines is 3. The number of piperidine rings is 1. The van der Waals surface area contributed by atoms with Crippen molar-refractivity contribution in [3.8, 4) is 17.1 Å². The molecule has 3 aromatic rings. The van der Waals surface area contributed by atoms with Gasteiger partial charge in [0.1, 0.15) is 17.3 Å². The van der Waals surface area contributed by atoms with Gasteiger partial charge in [-0.3, -0.25) is 4.79 Å². The van der Waals surface area contributed by atoms with E-state index in [2.05, 4.69) is 27.1 Å². The highest BCUT2D eigenvalue weighted by molar-refractivity contribution is 6.08. The fraction of sp³-hybridized carbons (Fsp3) is 0.320. The van der Waals surface area contributed by atoms with E-state index in [-0.39, 0.29) is 17.4 Å². The first kappa shape index (κ1) is 23.9. The van der Waals surface area contributed by atoms with E-state index >= 15 is 0 Å².